The van der Waals surface area contributed by atoms with Crippen LogP contribution < -0.4 is 5.32 Å². The van der Waals surface area contributed by atoms with E-state index < -0.39 is 24.2 Å². The Morgan fingerprint density at radius 2 is 0.898 bits per heavy atom. The predicted octanol–water partition coefficient (Wildman–Crippen LogP) is 11.8. The monoisotopic (exact) mass is 688 g/mol. The zero-order valence-corrected chi connectivity index (χ0v) is 32.3. The van der Waals surface area contributed by atoms with Crippen LogP contribution in [0.15, 0.2) is 48.6 Å². The molecule has 5 heteroatoms. The molecule has 286 valence electrons. The third-order valence-corrected chi connectivity index (χ3v) is 9.39. The van der Waals surface area contributed by atoms with Crippen molar-refractivity contribution >= 4 is 5.91 Å². The van der Waals surface area contributed by atoms with Crippen LogP contribution in [0.1, 0.15) is 200 Å². The van der Waals surface area contributed by atoms with Gasteiger partial charge >= 0.3 is 0 Å². The summed E-state index contributed by atoms with van der Waals surface area (Å²) in [6, 6.07) is -0.819. The van der Waals surface area contributed by atoms with Crippen LogP contribution in [0.2, 0.25) is 0 Å². The molecular formula is C44H81NO4. The Balaban J connectivity index is 3.74. The molecule has 0 rings (SSSR count). The molecule has 0 aliphatic carbocycles. The number of hydrogen-bond donors (Lipinski definition) is 4. The second-order valence-corrected chi connectivity index (χ2v) is 14.2. The number of aliphatic hydroxyl groups is 3. The van der Waals surface area contributed by atoms with E-state index >= 15 is 0 Å². The van der Waals surface area contributed by atoms with Crippen molar-refractivity contribution in [3.63, 3.8) is 0 Å². The molecule has 0 radical (unpaired) electrons. The molecule has 5 nitrogen and oxygen atoms in total. The highest BCUT2D eigenvalue weighted by Gasteiger charge is 2.22. The van der Waals surface area contributed by atoms with E-state index in [1.54, 1.807) is 6.08 Å². The van der Waals surface area contributed by atoms with Gasteiger partial charge in [-0.3, -0.25) is 4.79 Å². The Morgan fingerprint density at radius 1 is 0.510 bits per heavy atom. The summed E-state index contributed by atoms with van der Waals surface area (Å²) in [5, 5.41) is 33.0. The van der Waals surface area contributed by atoms with Crippen LogP contribution in [-0.4, -0.2) is 46.1 Å². The first-order chi connectivity index (χ1) is 24.1. The van der Waals surface area contributed by atoms with E-state index in [2.05, 4.69) is 55.6 Å². The van der Waals surface area contributed by atoms with Crippen molar-refractivity contribution < 1.29 is 20.1 Å². The smallest absolute Gasteiger partial charge is 0.249 e. The van der Waals surface area contributed by atoms with Crippen molar-refractivity contribution in [2.45, 2.75) is 218 Å². The van der Waals surface area contributed by atoms with E-state index in [1.807, 2.05) is 6.08 Å². The zero-order valence-electron chi connectivity index (χ0n) is 32.3. The second-order valence-electron chi connectivity index (χ2n) is 14.2. The number of aliphatic hydroxyl groups excluding tert-OH is 3. The van der Waals surface area contributed by atoms with Crippen LogP contribution in [0.5, 0.6) is 0 Å². The summed E-state index contributed by atoms with van der Waals surface area (Å²) < 4.78 is 0. The number of amides is 1. The van der Waals surface area contributed by atoms with E-state index in [-0.39, 0.29) is 6.61 Å². The summed E-state index contributed by atoms with van der Waals surface area (Å²) in [5.41, 5.74) is 0. The van der Waals surface area contributed by atoms with Gasteiger partial charge in [0.15, 0.2) is 0 Å². The van der Waals surface area contributed by atoms with E-state index in [1.165, 1.54) is 128 Å². The highest BCUT2D eigenvalue weighted by atomic mass is 16.3. The molecule has 1 amide bonds. The van der Waals surface area contributed by atoms with Gasteiger partial charge in [0.1, 0.15) is 6.10 Å². The van der Waals surface area contributed by atoms with Gasteiger partial charge in [-0.2, -0.15) is 0 Å². The second kappa shape index (κ2) is 39.1. The van der Waals surface area contributed by atoms with Gasteiger partial charge in [-0.15, -0.1) is 0 Å². The van der Waals surface area contributed by atoms with Crippen molar-refractivity contribution in [2.24, 2.45) is 0 Å². The number of carbonyl (C=O) groups is 1. The lowest BCUT2D eigenvalue weighted by Gasteiger charge is -2.21. The molecule has 0 aromatic carbocycles. The van der Waals surface area contributed by atoms with Crippen LogP contribution in [0.3, 0.4) is 0 Å². The van der Waals surface area contributed by atoms with Crippen molar-refractivity contribution in [3.05, 3.63) is 48.6 Å². The number of allylic oxidation sites excluding steroid dienone is 7. The minimum atomic E-state index is -1.11. The highest BCUT2D eigenvalue weighted by Crippen LogP contribution is 2.13. The summed E-state index contributed by atoms with van der Waals surface area (Å²) in [5.74, 6) is -0.523. The van der Waals surface area contributed by atoms with Gasteiger partial charge in [0, 0.05) is 0 Å². The normalized spacial score (nSPS) is 14.1. The lowest BCUT2D eigenvalue weighted by molar-refractivity contribution is -0.131. The van der Waals surface area contributed by atoms with Crippen molar-refractivity contribution in [2.75, 3.05) is 6.61 Å². The molecule has 4 N–H and O–H groups in total. The maximum Gasteiger partial charge on any atom is 0.249 e. The largest absolute Gasteiger partial charge is 0.394 e. The fraction of sp³-hybridized carbons (Fsp3) is 0.795. The van der Waals surface area contributed by atoms with Gasteiger partial charge in [-0.1, -0.05) is 184 Å². The Hall–Kier alpha value is -1.69. The van der Waals surface area contributed by atoms with Crippen LogP contribution in [0, 0.1) is 0 Å². The molecule has 0 saturated heterocycles. The standard InChI is InChI=1S/C44H81NO4/c1-3-5-7-9-11-13-15-17-18-19-20-21-22-23-24-25-27-29-31-33-35-37-39-43(48)44(49)45-41(40-46)42(47)38-36-34-32-30-28-26-16-14-12-10-8-6-4-2/h20-21,23-24,28,30,36,38,41-43,46-48H,3-19,22,25-27,29,31-35,37,39-40H2,1-2H3,(H,45,49)/b21-20-,24-23-,30-28+,38-36+. The van der Waals surface area contributed by atoms with Gasteiger partial charge in [-0.05, 0) is 64.2 Å². The SMILES string of the molecule is CCCCCCCCC/C=C/CC/C=C/C(O)C(CO)NC(=O)C(O)CCCCCCCC/C=C\C/C=C\CCCCCCCCCCC. The van der Waals surface area contributed by atoms with Crippen molar-refractivity contribution in [3.8, 4) is 0 Å². The quantitative estimate of drug-likeness (QED) is 0.0386. The number of rotatable bonds is 37. The molecule has 49 heavy (non-hydrogen) atoms. The van der Waals surface area contributed by atoms with E-state index in [0.29, 0.717) is 6.42 Å². The van der Waals surface area contributed by atoms with Crippen molar-refractivity contribution in [1.29, 1.82) is 0 Å². The van der Waals surface area contributed by atoms with E-state index in [9.17, 15) is 20.1 Å². The predicted molar refractivity (Wildman–Crippen MR) is 213 cm³/mol. The Labute approximate surface area is 304 Å². The average molecular weight is 688 g/mol. The maximum atomic E-state index is 12.4. The molecular weight excluding hydrogens is 606 g/mol. The molecule has 0 spiro atoms. The zero-order chi connectivity index (χ0) is 35.9. The van der Waals surface area contributed by atoms with Gasteiger partial charge < -0.3 is 20.6 Å². The summed E-state index contributed by atoms with van der Waals surface area (Å²) in [7, 11) is 0. The lowest BCUT2D eigenvalue weighted by Crippen LogP contribution is -2.48. The summed E-state index contributed by atoms with van der Waals surface area (Å²) in [6.07, 6.45) is 49.9. The topological polar surface area (TPSA) is 89.8 Å². The first kappa shape index (κ1) is 47.3. The molecule has 0 saturated carbocycles. The fourth-order valence-corrected chi connectivity index (χ4v) is 6.05. The van der Waals surface area contributed by atoms with Crippen LogP contribution in [0.4, 0.5) is 0 Å². The molecule has 0 aromatic heterocycles. The first-order valence-electron chi connectivity index (χ1n) is 21.0. The summed E-state index contributed by atoms with van der Waals surface area (Å²) in [6.45, 7) is 4.14. The molecule has 0 aliphatic heterocycles. The minimum absolute atomic E-state index is 0.381. The number of nitrogens with one attached hydrogen (secondary N) is 1. The molecule has 0 heterocycles. The van der Waals surface area contributed by atoms with Gasteiger partial charge in [-0.25, -0.2) is 0 Å². The highest BCUT2D eigenvalue weighted by molar-refractivity contribution is 5.80. The fourth-order valence-electron chi connectivity index (χ4n) is 6.05. The molecule has 0 bridgehead atoms. The number of hydrogen-bond acceptors (Lipinski definition) is 4. The molecule has 0 aliphatic rings. The third-order valence-electron chi connectivity index (χ3n) is 9.39. The minimum Gasteiger partial charge on any atom is -0.394 e. The molecule has 3 atom stereocenters. The van der Waals surface area contributed by atoms with Crippen LogP contribution >= 0.6 is 0 Å². The van der Waals surface area contributed by atoms with Gasteiger partial charge in [0.25, 0.3) is 0 Å². The number of carbonyl (C=O) groups excluding carboxylic acids is 1. The van der Waals surface area contributed by atoms with Crippen molar-refractivity contribution in [1.82, 2.24) is 5.32 Å². The Morgan fingerprint density at radius 3 is 1.37 bits per heavy atom. The Bertz CT molecular complexity index is 805. The maximum absolute atomic E-state index is 12.4. The Kier molecular flexibility index (Phi) is 37.8. The first-order valence-corrected chi connectivity index (χ1v) is 21.0. The van der Waals surface area contributed by atoms with Crippen LogP contribution in [0.25, 0.3) is 0 Å². The molecule has 0 aromatic rings. The molecule has 0 fully saturated rings. The third kappa shape index (κ3) is 34.5. The summed E-state index contributed by atoms with van der Waals surface area (Å²) in [4.78, 5) is 12.4. The van der Waals surface area contributed by atoms with Gasteiger partial charge in [0.2, 0.25) is 5.91 Å². The van der Waals surface area contributed by atoms with E-state index in [4.69, 9.17) is 0 Å². The average Bonchev–Trinajstić information content (AvgIpc) is 3.11. The molecule has 3 unspecified atom stereocenters. The number of unbranched alkanes of at least 4 members (excludes halogenated alkanes) is 23. The van der Waals surface area contributed by atoms with E-state index in [0.717, 1.165) is 51.4 Å². The summed E-state index contributed by atoms with van der Waals surface area (Å²) >= 11 is 0. The van der Waals surface area contributed by atoms with Gasteiger partial charge in [0.05, 0.1) is 18.8 Å². The van der Waals surface area contributed by atoms with Crippen LogP contribution in [-0.2, 0) is 4.79 Å². The lowest BCUT2D eigenvalue weighted by atomic mass is 10.0.